The molecule has 148 valence electrons. The van der Waals surface area contributed by atoms with Gasteiger partial charge in [-0.15, -0.1) is 0 Å². The van der Waals surface area contributed by atoms with Crippen molar-refractivity contribution in [2.75, 3.05) is 12.4 Å². The lowest BCUT2D eigenvalue weighted by Crippen LogP contribution is -2.23. The van der Waals surface area contributed by atoms with E-state index in [1.54, 1.807) is 30.3 Å². The highest BCUT2D eigenvalue weighted by molar-refractivity contribution is 6.11. The van der Waals surface area contributed by atoms with Gasteiger partial charge < -0.3 is 19.2 Å². The quantitative estimate of drug-likeness (QED) is 0.628. The molecule has 0 bridgehead atoms. The van der Waals surface area contributed by atoms with Gasteiger partial charge in [0.2, 0.25) is 0 Å². The van der Waals surface area contributed by atoms with Crippen LogP contribution in [0.25, 0.3) is 21.9 Å². The van der Waals surface area contributed by atoms with Crippen LogP contribution < -0.4 is 5.32 Å². The number of nitrogens with one attached hydrogen (secondary N) is 1. The van der Waals surface area contributed by atoms with Crippen LogP contribution in [0.3, 0.4) is 0 Å². The van der Waals surface area contributed by atoms with Crippen LogP contribution in [-0.2, 0) is 9.47 Å². The fraction of sp³-hybridized carbons (Fsp3) is 0.364. The topological polar surface area (TPSA) is 77.8 Å². The van der Waals surface area contributed by atoms with Gasteiger partial charge in [0.1, 0.15) is 16.8 Å². The Morgan fingerprint density at radius 3 is 2.29 bits per heavy atom. The molecule has 0 saturated heterocycles. The van der Waals surface area contributed by atoms with Gasteiger partial charge >= 0.3 is 11.9 Å². The Labute approximate surface area is 163 Å². The summed E-state index contributed by atoms with van der Waals surface area (Å²) in [5.41, 5.74) is 2.08. The smallest absolute Gasteiger partial charge is 0.339 e. The highest BCUT2D eigenvalue weighted by Gasteiger charge is 2.21. The average Bonchev–Trinajstić information content (AvgIpc) is 2.94. The van der Waals surface area contributed by atoms with E-state index in [-0.39, 0.29) is 6.04 Å². The molecule has 0 radical (unpaired) electrons. The maximum Gasteiger partial charge on any atom is 0.339 e. The Morgan fingerprint density at radius 1 is 1.00 bits per heavy atom. The first-order valence-electron chi connectivity index (χ1n) is 9.17. The molecule has 3 rings (SSSR count). The van der Waals surface area contributed by atoms with E-state index >= 15 is 0 Å². The van der Waals surface area contributed by atoms with Crippen molar-refractivity contribution in [3.05, 3.63) is 41.5 Å². The van der Waals surface area contributed by atoms with E-state index in [9.17, 15) is 9.59 Å². The van der Waals surface area contributed by atoms with E-state index < -0.39 is 17.5 Å². The Morgan fingerprint density at radius 2 is 1.68 bits per heavy atom. The second kappa shape index (κ2) is 7.19. The summed E-state index contributed by atoms with van der Waals surface area (Å²) in [6.07, 6.45) is 0. The van der Waals surface area contributed by atoms with Crippen molar-refractivity contribution >= 4 is 39.6 Å². The maximum atomic E-state index is 12.3. The lowest BCUT2D eigenvalue weighted by atomic mass is 10.1. The molecule has 0 aliphatic rings. The molecule has 0 atom stereocenters. The SMILES string of the molecule is COC(=O)c1cc2c(cc1NC(C)C)oc1cc(C(=O)OC(C)(C)C)ccc12. The summed E-state index contributed by atoms with van der Waals surface area (Å²) >= 11 is 0. The van der Waals surface area contributed by atoms with Gasteiger partial charge in [0.05, 0.1) is 23.9 Å². The first-order chi connectivity index (χ1) is 13.1. The predicted octanol–water partition coefficient (Wildman–Crippen LogP) is 5.15. The molecule has 1 N–H and O–H groups in total. The number of hydrogen-bond donors (Lipinski definition) is 1. The predicted molar refractivity (Wildman–Crippen MR) is 109 cm³/mol. The minimum atomic E-state index is -0.577. The maximum absolute atomic E-state index is 12.3. The van der Waals surface area contributed by atoms with Crippen LogP contribution in [0.4, 0.5) is 5.69 Å². The summed E-state index contributed by atoms with van der Waals surface area (Å²) in [6, 6.07) is 8.83. The minimum absolute atomic E-state index is 0.129. The summed E-state index contributed by atoms with van der Waals surface area (Å²) in [7, 11) is 1.35. The number of ether oxygens (including phenoxy) is 2. The van der Waals surface area contributed by atoms with E-state index in [0.29, 0.717) is 28.0 Å². The van der Waals surface area contributed by atoms with E-state index in [2.05, 4.69) is 5.32 Å². The molecule has 0 aliphatic carbocycles. The number of fused-ring (bicyclic) bond motifs is 3. The molecule has 1 heterocycles. The third kappa shape index (κ3) is 3.96. The summed E-state index contributed by atoms with van der Waals surface area (Å²) in [6.45, 7) is 9.43. The lowest BCUT2D eigenvalue weighted by Gasteiger charge is -2.19. The summed E-state index contributed by atoms with van der Waals surface area (Å²) in [5.74, 6) is -0.836. The zero-order valence-electron chi connectivity index (χ0n) is 17.0. The molecule has 0 unspecified atom stereocenters. The summed E-state index contributed by atoms with van der Waals surface area (Å²) < 4.78 is 16.3. The Hall–Kier alpha value is -3.02. The lowest BCUT2D eigenvalue weighted by molar-refractivity contribution is 0.00693. The molecule has 3 aromatic rings. The van der Waals surface area contributed by atoms with Gasteiger partial charge in [-0.05, 0) is 58.9 Å². The van der Waals surface area contributed by atoms with Crippen molar-refractivity contribution in [1.82, 2.24) is 0 Å². The van der Waals surface area contributed by atoms with Crippen LogP contribution in [0.5, 0.6) is 0 Å². The number of carbonyl (C=O) groups is 2. The van der Waals surface area contributed by atoms with Crippen LogP contribution in [0.15, 0.2) is 34.7 Å². The first-order valence-corrected chi connectivity index (χ1v) is 9.17. The average molecular weight is 383 g/mol. The third-order valence-electron chi connectivity index (χ3n) is 4.10. The number of rotatable bonds is 4. The van der Waals surface area contributed by atoms with Crippen molar-refractivity contribution in [2.24, 2.45) is 0 Å². The van der Waals surface area contributed by atoms with Gasteiger partial charge in [0.15, 0.2) is 0 Å². The fourth-order valence-electron chi connectivity index (χ4n) is 3.00. The zero-order valence-corrected chi connectivity index (χ0v) is 17.0. The number of anilines is 1. The van der Waals surface area contributed by atoms with Gasteiger partial charge in [0, 0.05) is 22.9 Å². The molecule has 0 fully saturated rings. The number of esters is 2. The molecule has 2 aromatic carbocycles. The monoisotopic (exact) mass is 383 g/mol. The summed E-state index contributed by atoms with van der Waals surface area (Å²) in [4.78, 5) is 24.6. The number of benzene rings is 2. The number of carbonyl (C=O) groups excluding carboxylic acids is 2. The highest BCUT2D eigenvalue weighted by atomic mass is 16.6. The Kier molecular flexibility index (Phi) is 5.06. The van der Waals surface area contributed by atoms with E-state index in [1.165, 1.54) is 7.11 Å². The molecule has 0 spiro atoms. The standard InChI is InChI=1S/C22H25NO5/c1-12(2)23-17-11-19-15(10-16(17)21(25)26-6)14-8-7-13(9-18(14)27-19)20(24)28-22(3,4)5/h7-12,23H,1-6H3. The molecule has 6 heteroatoms. The molecular formula is C22H25NO5. The van der Waals surface area contributed by atoms with E-state index in [1.807, 2.05) is 34.6 Å². The van der Waals surface area contributed by atoms with E-state index in [0.717, 1.165) is 10.8 Å². The van der Waals surface area contributed by atoms with Crippen LogP contribution in [-0.4, -0.2) is 30.7 Å². The molecule has 0 amide bonds. The van der Waals surface area contributed by atoms with Gasteiger partial charge in [-0.25, -0.2) is 9.59 Å². The molecule has 6 nitrogen and oxygen atoms in total. The molecule has 0 aliphatic heterocycles. The number of hydrogen-bond acceptors (Lipinski definition) is 6. The number of methoxy groups -OCH3 is 1. The Bertz CT molecular complexity index is 1060. The van der Waals surface area contributed by atoms with Gasteiger partial charge in [0.25, 0.3) is 0 Å². The van der Waals surface area contributed by atoms with Crippen molar-refractivity contribution in [1.29, 1.82) is 0 Å². The second-order valence-electron chi connectivity index (χ2n) is 8.00. The number of furan rings is 1. The zero-order chi connectivity index (χ0) is 20.6. The normalized spacial score (nSPS) is 11.8. The fourth-order valence-corrected chi connectivity index (χ4v) is 3.00. The minimum Gasteiger partial charge on any atom is -0.465 e. The van der Waals surface area contributed by atoms with Gasteiger partial charge in [-0.3, -0.25) is 0 Å². The summed E-state index contributed by atoms with van der Waals surface area (Å²) in [5, 5.41) is 4.83. The highest BCUT2D eigenvalue weighted by Crippen LogP contribution is 2.34. The van der Waals surface area contributed by atoms with Crippen molar-refractivity contribution < 1.29 is 23.5 Å². The van der Waals surface area contributed by atoms with Crippen LogP contribution in [0.1, 0.15) is 55.3 Å². The van der Waals surface area contributed by atoms with Crippen LogP contribution >= 0.6 is 0 Å². The van der Waals surface area contributed by atoms with Gasteiger partial charge in [-0.1, -0.05) is 0 Å². The molecule has 1 aromatic heterocycles. The van der Waals surface area contributed by atoms with Crippen molar-refractivity contribution in [2.45, 2.75) is 46.3 Å². The Balaban J connectivity index is 2.13. The van der Waals surface area contributed by atoms with Crippen molar-refractivity contribution in [3.8, 4) is 0 Å². The molecule has 0 saturated carbocycles. The van der Waals surface area contributed by atoms with E-state index in [4.69, 9.17) is 13.9 Å². The van der Waals surface area contributed by atoms with Crippen molar-refractivity contribution in [3.63, 3.8) is 0 Å². The van der Waals surface area contributed by atoms with Crippen LogP contribution in [0.2, 0.25) is 0 Å². The van der Waals surface area contributed by atoms with Crippen LogP contribution in [0, 0.1) is 0 Å². The molecule has 28 heavy (non-hydrogen) atoms. The largest absolute Gasteiger partial charge is 0.465 e. The third-order valence-corrected chi connectivity index (χ3v) is 4.10. The second-order valence-corrected chi connectivity index (χ2v) is 8.00. The molecular weight excluding hydrogens is 358 g/mol. The van der Waals surface area contributed by atoms with Gasteiger partial charge in [-0.2, -0.15) is 0 Å². The first kappa shape index (κ1) is 19.7.